The van der Waals surface area contributed by atoms with Gasteiger partial charge in [0.15, 0.2) is 0 Å². The summed E-state index contributed by atoms with van der Waals surface area (Å²) in [6, 6.07) is 8.67. The van der Waals surface area contributed by atoms with Gasteiger partial charge in [-0.25, -0.2) is 0 Å². The van der Waals surface area contributed by atoms with Crippen LogP contribution in [0.4, 0.5) is 0 Å². The lowest BCUT2D eigenvalue weighted by Crippen LogP contribution is -2.26. The molecule has 0 aliphatic carbocycles. The third-order valence-corrected chi connectivity index (χ3v) is 4.25. The molecule has 0 radical (unpaired) electrons. The zero-order valence-electron chi connectivity index (χ0n) is 8.51. The molecule has 0 spiro atoms. The zero-order chi connectivity index (χ0) is 10.7. The Morgan fingerprint density at radius 1 is 1.33 bits per heavy atom. The quantitative estimate of drug-likeness (QED) is 0.606. The third kappa shape index (κ3) is 2.86. The van der Waals surface area contributed by atoms with Crippen LogP contribution in [0.25, 0.3) is 0 Å². The number of rotatable bonds is 3. The van der Waals surface area contributed by atoms with Crippen molar-refractivity contribution in [2.75, 3.05) is 19.1 Å². The maximum atomic E-state index is 6.06. The molecule has 0 aromatic heterocycles. The summed E-state index contributed by atoms with van der Waals surface area (Å²) in [5.41, 5.74) is 1.54. The highest BCUT2D eigenvalue weighted by atomic mass is 127. The molecule has 1 unspecified atom stereocenters. The number of benzene rings is 1. The average Bonchev–Trinajstić information content (AvgIpc) is 2.71. The fourth-order valence-electron chi connectivity index (χ4n) is 1.98. The standard InChI is InChI=1S/C12H14ClIO/c13-8-12(5-6-15-9-12)7-10-1-3-11(14)4-2-10/h1-4H,5-9H2. The SMILES string of the molecule is ClCC1(Cc2ccc(I)cc2)CCOC1. The highest BCUT2D eigenvalue weighted by Crippen LogP contribution is 2.33. The number of halogens is 2. The predicted molar refractivity (Wildman–Crippen MR) is 71.5 cm³/mol. The van der Waals surface area contributed by atoms with E-state index in [0.29, 0.717) is 5.88 Å². The predicted octanol–water partition coefficient (Wildman–Crippen LogP) is 3.48. The summed E-state index contributed by atoms with van der Waals surface area (Å²) in [6.07, 6.45) is 2.12. The first-order chi connectivity index (χ1) is 7.24. The minimum atomic E-state index is 0.175. The molecule has 3 heteroatoms. The van der Waals surface area contributed by atoms with Gasteiger partial charge in [-0.2, -0.15) is 0 Å². The van der Waals surface area contributed by atoms with Crippen LogP contribution in [0, 0.1) is 8.99 Å². The molecule has 1 atom stereocenters. The molecule has 1 aliphatic heterocycles. The van der Waals surface area contributed by atoms with Crippen molar-refractivity contribution in [1.82, 2.24) is 0 Å². The number of ether oxygens (including phenoxy) is 1. The first-order valence-corrected chi connectivity index (χ1v) is 6.74. The van der Waals surface area contributed by atoms with E-state index in [0.717, 1.165) is 26.1 Å². The molecule has 0 amide bonds. The van der Waals surface area contributed by atoms with Crippen molar-refractivity contribution in [3.63, 3.8) is 0 Å². The summed E-state index contributed by atoms with van der Waals surface area (Å²) in [4.78, 5) is 0. The van der Waals surface area contributed by atoms with Crippen molar-refractivity contribution >= 4 is 34.2 Å². The second-order valence-electron chi connectivity index (χ2n) is 4.24. The van der Waals surface area contributed by atoms with Crippen molar-refractivity contribution in [3.8, 4) is 0 Å². The summed E-state index contributed by atoms with van der Waals surface area (Å²) in [5.74, 6) is 0.693. The minimum absolute atomic E-state index is 0.175. The van der Waals surface area contributed by atoms with Gasteiger partial charge in [0.1, 0.15) is 0 Å². The zero-order valence-corrected chi connectivity index (χ0v) is 11.4. The van der Waals surface area contributed by atoms with Gasteiger partial charge >= 0.3 is 0 Å². The third-order valence-electron chi connectivity index (χ3n) is 2.96. The fourth-order valence-corrected chi connectivity index (χ4v) is 2.64. The molecule has 0 saturated carbocycles. The van der Waals surface area contributed by atoms with Gasteiger partial charge in [0.05, 0.1) is 6.61 Å². The van der Waals surface area contributed by atoms with Gasteiger partial charge in [-0.1, -0.05) is 12.1 Å². The van der Waals surface area contributed by atoms with Gasteiger partial charge in [0, 0.05) is 21.5 Å². The van der Waals surface area contributed by atoms with Gasteiger partial charge in [-0.3, -0.25) is 0 Å². The topological polar surface area (TPSA) is 9.23 Å². The van der Waals surface area contributed by atoms with Crippen LogP contribution in [0.5, 0.6) is 0 Å². The van der Waals surface area contributed by atoms with E-state index in [4.69, 9.17) is 16.3 Å². The van der Waals surface area contributed by atoms with Crippen LogP contribution in [0.2, 0.25) is 0 Å². The Hall–Kier alpha value is 0.200. The molecular weight excluding hydrogens is 322 g/mol. The molecule has 1 aromatic rings. The highest BCUT2D eigenvalue weighted by Gasteiger charge is 2.34. The Morgan fingerprint density at radius 2 is 2.07 bits per heavy atom. The molecule has 1 nitrogen and oxygen atoms in total. The maximum absolute atomic E-state index is 6.06. The van der Waals surface area contributed by atoms with Crippen LogP contribution >= 0.6 is 34.2 Å². The van der Waals surface area contributed by atoms with E-state index in [-0.39, 0.29) is 5.41 Å². The Morgan fingerprint density at radius 3 is 2.60 bits per heavy atom. The largest absolute Gasteiger partial charge is 0.381 e. The normalized spacial score (nSPS) is 25.7. The summed E-state index contributed by atoms with van der Waals surface area (Å²) < 4.78 is 6.74. The molecule has 1 aliphatic rings. The van der Waals surface area contributed by atoms with Crippen molar-refractivity contribution in [2.45, 2.75) is 12.8 Å². The van der Waals surface area contributed by atoms with Gasteiger partial charge in [-0.05, 0) is 53.1 Å². The van der Waals surface area contributed by atoms with Crippen LogP contribution in [0.1, 0.15) is 12.0 Å². The lowest BCUT2D eigenvalue weighted by Gasteiger charge is -2.24. The second kappa shape index (κ2) is 5.02. The molecule has 1 saturated heterocycles. The van der Waals surface area contributed by atoms with Crippen LogP contribution in [0.3, 0.4) is 0 Å². The molecule has 82 valence electrons. The van der Waals surface area contributed by atoms with E-state index in [1.165, 1.54) is 9.13 Å². The number of alkyl halides is 1. The van der Waals surface area contributed by atoms with Crippen LogP contribution in [-0.4, -0.2) is 19.1 Å². The van der Waals surface area contributed by atoms with E-state index in [2.05, 4.69) is 46.9 Å². The molecule has 1 aromatic carbocycles. The molecule has 0 bridgehead atoms. The first-order valence-electron chi connectivity index (χ1n) is 5.12. The number of hydrogen-bond donors (Lipinski definition) is 0. The van der Waals surface area contributed by atoms with E-state index in [1.54, 1.807) is 0 Å². The van der Waals surface area contributed by atoms with Crippen LogP contribution in [0.15, 0.2) is 24.3 Å². The summed E-state index contributed by atoms with van der Waals surface area (Å²) in [5, 5.41) is 0. The van der Waals surface area contributed by atoms with Crippen molar-refractivity contribution in [1.29, 1.82) is 0 Å². The van der Waals surface area contributed by atoms with Crippen LogP contribution < -0.4 is 0 Å². The van der Waals surface area contributed by atoms with Crippen molar-refractivity contribution in [3.05, 3.63) is 33.4 Å². The highest BCUT2D eigenvalue weighted by molar-refractivity contribution is 14.1. The summed E-state index contributed by atoms with van der Waals surface area (Å²) in [6.45, 7) is 1.67. The smallest absolute Gasteiger partial charge is 0.0537 e. The van der Waals surface area contributed by atoms with E-state index < -0.39 is 0 Å². The lowest BCUT2D eigenvalue weighted by atomic mass is 9.83. The Kier molecular flexibility index (Phi) is 3.91. The Bertz CT molecular complexity index is 317. The lowest BCUT2D eigenvalue weighted by molar-refractivity contribution is 0.161. The van der Waals surface area contributed by atoms with Crippen LogP contribution in [-0.2, 0) is 11.2 Å². The number of hydrogen-bond acceptors (Lipinski definition) is 1. The molecule has 0 N–H and O–H groups in total. The van der Waals surface area contributed by atoms with Gasteiger partial charge in [0.2, 0.25) is 0 Å². The van der Waals surface area contributed by atoms with Crippen molar-refractivity contribution < 1.29 is 4.74 Å². The molecular formula is C12H14ClIO. The van der Waals surface area contributed by atoms with Gasteiger partial charge < -0.3 is 4.74 Å². The van der Waals surface area contributed by atoms with Gasteiger partial charge in [0.25, 0.3) is 0 Å². The molecule has 2 rings (SSSR count). The fraction of sp³-hybridized carbons (Fsp3) is 0.500. The van der Waals surface area contributed by atoms with Crippen molar-refractivity contribution in [2.24, 2.45) is 5.41 Å². The molecule has 1 fully saturated rings. The second-order valence-corrected chi connectivity index (χ2v) is 5.75. The monoisotopic (exact) mass is 336 g/mol. The minimum Gasteiger partial charge on any atom is -0.381 e. The summed E-state index contributed by atoms with van der Waals surface area (Å²) in [7, 11) is 0. The van der Waals surface area contributed by atoms with E-state index in [9.17, 15) is 0 Å². The first kappa shape index (κ1) is 11.7. The Labute approximate surface area is 109 Å². The van der Waals surface area contributed by atoms with Gasteiger partial charge in [-0.15, -0.1) is 11.6 Å². The maximum Gasteiger partial charge on any atom is 0.0537 e. The van der Waals surface area contributed by atoms with E-state index in [1.807, 2.05) is 0 Å². The summed E-state index contributed by atoms with van der Waals surface area (Å²) >= 11 is 8.39. The molecule has 15 heavy (non-hydrogen) atoms. The van der Waals surface area contributed by atoms with E-state index >= 15 is 0 Å². The average molecular weight is 337 g/mol. The Balaban J connectivity index is 2.09. The molecule has 1 heterocycles.